The van der Waals surface area contributed by atoms with Crippen LogP contribution in [0.4, 0.5) is 5.82 Å². The van der Waals surface area contributed by atoms with Crippen molar-refractivity contribution in [2.45, 2.75) is 6.54 Å². The number of halogens is 1. The number of ketones is 1. The molecule has 3 heterocycles. The summed E-state index contributed by atoms with van der Waals surface area (Å²) in [6.45, 7) is 0.260. The zero-order valence-corrected chi connectivity index (χ0v) is 13.7. The molecule has 0 aromatic carbocycles. The maximum absolute atomic E-state index is 11.9. The fraction of sp³-hybridized carbons (Fsp3) is 0.0667. The Kier molecular flexibility index (Phi) is 4.59. The molecule has 0 fully saturated rings. The Labute approximate surface area is 144 Å². The number of aromatic nitrogens is 2. The maximum Gasteiger partial charge on any atom is 0.389 e. The molecule has 3 rings (SSSR count). The molecular weight excluding hydrogens is 354 g/mol. The average Bonchev–Trinajstić information content (AvgIpc) is 3.26. The van der Waals surface area contributed by atoms with Crippen LogP contribution in [-0.4, -0.2) is 20.5 Å². The summed E-state index contributed by atoms with van der Waals surface area (Å²) in [5.74, 6) is 0.691. The smallest absolute Gasteiger partial charge is 0.389 e. The number of allylic oxidation sites excluding steroid dienone is 1. The van der Waals surface area contributed by atoms with Crippen molar-refractivity contribution in [1.29, 1.82) is 0 Å². The van der Waals surface area contributed by atoms with Crippen molar-refractivity contribution >= 4 is 40.6 Å². The Hall–Kier alpha value is -2.71. The van der Waals surface area contributed by atoms with E-state index < -0.39 is 4.92 Å². The molecule has 0 atom stereocenters. The number of hydrogen-bond donors (Lipinski definition) is 0. The van der Waals surface area contributed by atoms with Crippen molar-refractivity contribution in [1.82, 2.24) is 9.78 Å². The van der Waals surface area contributed by atoms with Gasteiger partial charge in [0.05, 0.1) is 26.6 Å². The van der Waals surface area contributed by atoms with Gasteiger partial charge in [-0.25, -0.2) is 0 Å². The van der Waals surface area contributed by atoms with Crippen LogP contribution in [0.2, 0.25) is 4.34 Å². The molecule has 0 aliphatic rings. The molecule has 0 radical (unpaired) electrons. The van der Waals surface area contributed by atoms with Gasteiger partial charge in [0.15, 0.2) is 5.78 Å². The van der Waals surface area contributed by atoms with Gasteiger partial charge in [-0.3, -0.25) is 4.79 Å². The second-order valence-electron chi connectivity index (χ2n) is 4.73. The number of nitro groups is 1. The van der Waals surface area contributed by atoms with Gasteiger partial charge in [0, 0.05) is 0 Å². The summed E-state index contributed by atoms with van der Waals surface area (Å²) < 4.78 is 7.52. The van der Waals surface area contributed by atoms with Gasteiger partial charge in [-0.15, -0.1) is 11.3 Å². The van der Waals surface area contributed by atoms with E-state index in [2.05, 4.69) is 5.10 Å². The Bertz CT molecular complexity index is 925. The van der Waals surface area contributed by atoms with Crippen LogP contribution in [0.1, 0.15) is 21.2 Å². The lowest BCUT2D eigenvalue weighted by molar-refractivity contribution is -0.389. The number of carbonyl (C=O) groups is 1. The Morgan fingerprint density at radius 1 is 1.38 bits per heavy atom. The van der Waals surface area contributed by atoms with Crippen molar-refractivity contribution in [2.75, 3.05) is 0 Å². The van der Waals surface area contributed by atoms with Crippen molar-refractivity contribution in [3.05, 3.63) is 73.5 Å². The third-order valence-corrected chi connectivity index (χ3v) is 4.27. The summed E-state index contributed by atoms with van der Waals surface area (Å²) >= 11 is 7.01. The van der Waals surface area contributed by atoms with Gasteiger partial charge >= 0.3 is 5.82 Å². The summed E-state index contributed by atoms with van der Waals surface area (Å²) in [6.07, 6.45) is 4.47. The van der Waals surface area contributed by atoms with Crippen LogP contribution in [0.5, 0.6) is 0 Å². The zero-order valence-electron chi connectivity index (χ0n) is 12.1. The minimum Gasteiger partial charge on any atom is -0.460 e. The van der Waals surface area contributed by atoms with Crippen molar-refractivity contribution < 1.29 is 14.1 Å². The molecule has 0 saturated heterocycles. The first-order chi connectivity index (χ1) is 11.5. The highest BCUT2D eigenvalue weighted by Crippen LogP contribution is 2.22. The predicted molar refractivity (Wildman–Crippen MR) is 89.4 cm³/mol. The largest absolute Gasteiger partial charge is 0.460 e. The van der Waals surface area contributed by atoms with Gasteiger partial charge in [0.2, 0.25) is 0 Å². The minimum absolute atomic E-state index is 0.160. The Balaban J connectivity index is 1.65. The van der Waals surface area contributed by atoms with Gasteiger partial charge in [-0.05, 0) is 41.3 Å². The van der Waals surface area contributed by atoms with Crippen LogP contribution in [0.25, 0.3) is 6.08 Å². The molecule has 0 saturated carbocycles. The molecule has 122 valence electrons. The Morgan fingerprint density at radius 2 is 2.21 bits per heavy atom. The molecule has 0 spiro atoms. The molecule has 0 unspecified atom stereocenters. The fourth-order valence-electron chi connectivity index (χ4n) is 1.95. The molecule has 9 heteroatoms. The normalized spacial score (nSPS) is 11.2. The second kappa shape index (κ2) is 6.81. The number of furan rings is 1. The van der Waals surface area contributed by atoms with Crippen molar-refractivity contribution in [2.24, 2.45) is 0 Å². The number of hydrogen-bond acceptors (Lipinski definition) is 6. The summed E-state index contributed by atoms with van der Waals surface area (Å²) in [4.78, 5) is 22.5. The highest BCUT2D eigenvalue weighted by molar-refractivity contribution is 7.18. The highest BCUT2D eigenvalue weighted by atomic mass is 35.5. The van der Waals surface area contributed by atoms with E-state index in [-0.39, 0.29) is 18.1 Å². The van der Waals surface area contributed by atoms with E-state index in [0.29, 0.717) is 20.7 Å². The molecule has 3 aromatic rings. The molecule has 0 bridgehead atoms. The fourth-order valence-corrected chi connectivity index (χ4v) is 2.92. The average molecular weight is 364 g/mol. The van der Waals surface area contributed by atoms with E-state index in [4.69, 9.17) is 16.0 Å². The lowest BCUT2D eigenvalue weighted by atomic mass is 10.3. The molecule has 24 heavy (non-hydrogen) atoms. The van der Waals surface area contributed by atoms with Gasteiger partial charge in [0.1, 0.15) is 18.1 Å². The van der Waals surface area contributed by atoms with E-state index in [0.717, 1.165) is 0 Å². The second-order valence-corrected chi connectivity index (χ2v) is 6.45. The molecule has 0 aliphatic heterocycles. The highest BCUT2D eigenvalue weighted by Gasteiger charge is 2.12. The van der Waals surface area contributed by atoms with Crippen LogP contribution in [0.15, 0.2) is 47.0 Å². The van der Waals surface area contributed by atoms with E-state index in [1.54, 1.807) is 30.3 Å². The van der Waals surface area contributed by atoms with Crippen LogP contribution in [-0.2, 0) is 6.54 Å². The number of nitrogens with zero attached hydrogens (tertiary/aromatic N) is 3. The maximum atomic E-state index is 11.9. The topological polar surface area (TPSA) is 91.2 Å². The van der Waals surface area contributed by atoms with E-state index >= 15 is 0 Å². The first-order valence-electron chi connectivity index (χ1n) is 6.75. The van der Waals surface area contributed by atoms with Gasteiger partial charge in [-0.2, -0.15) is 4.68 Å². The molecule has 0 amide bonds. The van der Waals surface area contributed by atoms with Gasteiger partial charge in [-0.1, -0.05) is 11.6 Å². The van der Waals surface area contributed by atoms with Crippen molar-refractivity contribution in [3.63, 3.8) is 0 Å². The van der Waals surface area contributed by atoms with Crippen molar-refractivity contribution in [3.8, 4) is 0 Å². The molecule has 3 aromatic heterocycles. The quantitative estimate of drug-likeness (QED) is 0.285. The zero-order chi connectivity index (χ0) is 17.1. The summed E-state index contributed by atoms with van der Waals surface area (Å²) in [6, 6.07) is 8.08. The molecule has 7 nitrogen and oxygen atoms in total. The van der Waals surface area contributed by atoms with Crippen LogP contribution < -0.4 is 0 Å². The molecule has 0 aliphatic carbocycles. The first kappa shape index (κ1) is 16.2. The minimum atomic E-state index is -0.560. The Morgan fingerprint density at radius 3 is 2.88 bits per heavy atom. The van der Waals surface area contributed by atoms with E-state index in [1.807, 2.05) is 0 Å². The molecule has 0 N–H and O–H groups in total. The van der Waals surface area contributed by atoms with Crippen LogP contribution >= 0.6 is 22.9 Å². The summed E-state index contributed by atoms with van der Waals surface area (Å²) in [5.41, 5.74) is 0. The van der Waals surface area contributed by atoms with Gasteiger partial charge < -0.3 is 14.5 Å². The SMILES string of the molecule is O=C(/C=C/c1ccc(Cn2ccc([N+](=O)[O-])n2)o1)c1ccc(Cl)s1. The predicted octanol–water partition coefficient (Wildman–Crippen LogP) is 4.04. The summed E-state index contributed by atoms with van der Waals surface area (Å²) in [5, 5.41) is 14.4. The standard InChI is InChI=1S/C15H10ClN3O4S/c16-14-6-5-13(24-14)12(20)4-3-10-1-2-11(23-10)9-18-8-7-15(17-18)19(21)22/h1-8H,9H2/b4-3+. The number of rotatable bonds is 6. The third kappa shape index (κ3) is 3.79. The van der Waals surface area contributed by atoms with E-state index in [9.17, 15) is 14.9 Å². The van der Waals surface area contributed by atoms with E-state index in [1.165, 1.54) is 34.4 Å². The number of thiophene rings is 1. The van der Waals surface area contributed by atoms with Crippen LogP contribution in [0.3, 0.4) is 0 Å². The summed E-state index contributed by atoms with van der Waals surface area (Å²) in [7, 11) is 0. The molecular formula is C15H10ClN3O4S. The van der Waals surface area contributed by atoms with Crippen LogP contribution in [0, 0.1) is 10.1 Å². The first-order valence-corrected chi connectivity index (χ1v) is 7.95. The monoisotopic (exact) mass is 363 g/mol. The lowest BCUT2D eigenvalue weighted by Gasteiger charge is -1.93. The third-order valence-electron chi connectivity index (χ3n) is 3.03. The van der Waals surface area contributed by atoms with Gasteiger partial charge in [0.25, 0.3) is 0 Å². The lowest BCUT2D eigenvalue weighted by Crippen LogP contribution is -2.00. The number of carbonyl (C=O) groups excluding carboxylic acids is 1.